The molecule has 0 aliphatic carbocycles. The molecule has 0 saturated heterocycles. The van der Waals surface area contributed by atoms with E-state index in [2.05, 4.69) is 0 Å². The summed E-state index contributed by atoms with van der Waals surface area (Å²) in [6.45, 7) is 2.11. The molecule has 0 bridgehead atoms. The standard InChI is InChI=1S/C5H12ClN3O/c1-2-9(8)5(6)4(7)3-10/h10H,2-3,7-8H2,1H3/b5-4-. The van der Waals surface area contributed by atoms with Crippen molar-refractivity contribution in [3.05, 3.63) is 10.9 Å². The number of rotatable bonds is 3. The number of hydrogen-bond acceptors (Lipinski definition) is 4. The first kappa shape index (κ1) is 9.55. The Balaban J connectivity index is 4.15. The Morgan fingerprint density at radius 3 is 2.50 bits per heavy atom. The van der Waals surface area contributed by atoms with Gasteiger partial charge in [0.15, 0.2) is 0 Å². The van der Waals surface area contributed by atoms with Gasteiger partial charge in [-0.05, 0) is 6.92 Å². The first-order chi connectivity index (χ1) is 4.63. The van der Waals surface area contributed by atoms with Crippen LogP contribution in [0.5, 0.6) is 0 Å². The average molecular weight is 166 g/mol. The predicted octanol–water partition coefficient (Wildman–Crippen LogP) is -0.459. The fraction of sp³-hybridized carbons (Fsp3) is 0.600. The molecular formula is C5H12ClN3O. The van der Waals surface area contributed by atoms with E-state index >= 15 is 0 Å². The van der Waals surface area contributed by atoms with Crippen LogP contribution in [0, 0.1) is 0 Å². The minimum absolute atomic E-state index is 0.186. The van der Waals surface area contributed by atoms with Crippen molar-refractivity contribution in [3.8, 4) is 0 Å². The van der Waals surface area contributed by atoms with E-state index < -0.39 is 0 Å². The number of nitrogens with zero attached hydrogens (tertiary/aromatic N) is 1. The number of aliphatic hydroxyl groups is 1. The zero-order valence-electron chi connectivity index (χ0n) is 5.84. The molecule has 5 N–H and O–H groups in total. The van der Waals surface area contributed by atoms with E-state index in [0.29, 0.717) is 6.54 Å². The second-order valence-corrected chi connectivity index (χ2v) is 2.12. The summed E-state index contributed by atoms with van der Waals surface area (Å²) in [5.41, 5.74) is 5.46. The van der Waals surface area contributed by atoms with Crippen LogP contribution in [-0.4, -0.2) is 23.3 Å². The molecule has 0 atom stereocenters. The van der Waals surface area contributed by atoms with E-state index in [0.717, 1.165) is 0 Å². The number of hydrazine groups is 1. The van der Waals surface area contributed by atoms with Crippen LogP contribution in [0.15, 0.2) is 10.9 Å². The van der Waals surface area contributed by atoms with Crippen LogP contribution in [0.4, 0.5) is 0 Å². The van der Waals surface area contributed by atoms with Gasteiger partial charge in [0.2, 0.25) is 0 Å². The third kappa shape index (κ3) is 2.43. The van der Waals surface area contributed by atoms with Crippen molar-refractivity contribution in [1.29, 1.82) is 0 Å². The van der Waals surface area contributed by atoms with Gasteiger partial charge in [0.1, 0.15) is 5.16 Å². The lowest BCUT2D eigenvalue weighted by Crippen LogP contribution is -2.30. The molecule has 10 heavy (non-hydrogen) atoms. The number of halogens is 1. The number of aliphatic hydroxyl groups excluding tert-OH is 1. The van der Waals surface area contributed by atoms with Crippen molar-refractivity contribution in [1.82, 2.24) is 5.01 Å². The lowest BCUT2D eigenvalue weighted by atomic mass is 10.5. The van der Waals surface area contributed by atoms with Crippen LogP contribution in [0.1, 0.15) is 6.92 Å². The first-order valence-corrected chi connectivity index (χ1v) is 3.28. The van der Waals surface area contributed by atoms with Crippen molar-refractivity contribution >= 4 is 11.6 Å². The summed E-state index contributed by atoms with van der Waals surface area (Å²) in [5.74, 6) is 5.35. The maximum absolute atomic E-state index is 8.50. The molecule has 0 rings (SSSR count). The highest BCUT2D eigenvalue weighted by atomic mass is 35.5. The molecule has 4 nitrogen and oxygen atoms in total. The quantitative estimate of drug-likeness (QED) is 0.301. The van der Waals surface area contributed by atoms with Crippen LogP contribution >= 0.6 is 11.6 Å². The molecule has 0 aliphatic heterocycles. The minimum atomic E-state index is -0.271. The van der Waals surface area contributed by atoms with Crippen molar-refractivity contribution in [3.63, 3.8) is 0 Å². The molecule has 0 aliphatic rings. The maximum Gasteiger partial charge on any atom is 0.140 e. The lowest BCUT2D eigenvalue weighted by molar-refractivity contribution is 0.319. The molecule has 60 valence electrons. The highest BCUT2D eigenvalue weighted by Crippen LogP contribution is 2.06. The van der Waals surface area contributed by atoms with Crippen LogP contribution in [0.2, 0.25) is 0 Å². The summed E-state index contributed by atoms with van der Waals surface area (Å²) in [6, 6.07) is 0. The summed E-state index contributed by atoms with van der Waals surface area (Å²) in [7, 11) is 0. The summed E-state index contributed by atoms with van der Waals surface area (Å²) in [4.78, 5) is 0. The van der Waals surface area contributed by atoms with Crippen molar-refractivity contribution in [2.45, 2.75) is 6.92 Å². The van der Waals surface area contributed by atoms with Crippen LogP contribution in [-0.2, 0) is 0 Å². The Hall–Kier alpha value is -0.450. The molecule has 0 aromatic heterocycles. The summed E-state index contributed by atoms with van der Waals surface area (Å²) < 4.78 is 0. The Bertz CT molecular complexity index is 137. The van der Waals surface area contributed by atoms with E-state index in [1.54, 1.807) is 0 Å². The largest absolute Gasteiger partial charge is 0.398 e. The van der Waals surface area contributed by atoms with Crippen LogP contribution < -0.4 is 11.6 Å². The van der Waals surface area contributed by atoms with Gasteiger partial charge < -0.3 is 10.8 Å². The third-order valence-corrected chi connectivity index (χ3v) is 1.49. The van der Waals surface area contributed by atoms with E-state index in [4.69, 9.17) is 28.3 Å². The Labute approximate surface area is 65.0 Å². The zero-order valence-corrected chi connectivity index (χ0v) is 6.60. The molecule has 0 unspecified atom stereocenters. The van der Waals surface area contributed by atoms with Gasteiger partial charge >= 0.3 is 0 Å². The Kier molecular flexibility index (Phi) is 4.18. The monoisotopic (exact) mass is 165 g/mol. The van der Waals surface area contributed by atoms with E-state index in [9.17, 15) is 0 Å². The molecule has 0 aromatic rings. The SMILES string of the molecule is CCN(N)/C(Cl)=C(\N)CO. The molecule has 0 aromatic carbocycles. The fourth-order valence-corrected chi connectivity index (χ4v) is 0.568. The molecule has 0 heterocycles. The number of nitrogens with two attached hydrogens (primary N) is 2. The predicted molar refractivity (Wildman–Crippen MR) is 40.7 cm³/mol. The summed E-state index contributed by atoms with van der Waals surface area (Å²) in [5, 5.41) is 9.96. The van der Waals surface area contributed by atoms with E-state index in [-0.39, 0.29) is 17.5 Å². The van der Waals surface area contributed by atoms with Gasteiger partial charge in [0.25, 0.3) is 0 Å². The highest BCUT2D eigenvalue weighted by Gasteiger charge is 2.02. The van der Waals surface area contributed by atoms with E-state index in [1.165, 1.54) is 5.01 Å². The van der Waals surface area contributed by atoms with Gasteiger partial charge in [-0.3, -0.25) is 5.01 Å². The molecule has 0 fully saturated rings. The topological polar surface area (TPSA) is 75.5 Å². The van der Waals surface area contributed by atoms with Gasteiger partial charge in [-0.15, -0.1) is 0 Å². The Morgan fingerprint density at radius 2 is 2.20 bits per heavy atom. The highest BCUT2D eigenvalue weighted by molar-refractivity contribution is 6.29. The maximum atomic E-state index is 8.50. The van der Waals surface area contributed by atoms with Crippen LogP contribution in [0.25, 0.3) is 0 Å². The van der Waals surface area contributed by atoms with Gasteiger partial charge in [0, 0.05) is 6.54 Å². The third-order valence-electron chi connectivity index (χ3n) is 1.03. The zero-order chi connectivity index (χ0) is 8.15. The molecule has 0 spiro atoms. The smallest absolute Gasteiger partial charge is 0.140 e. The minimum Gasteiger partial charge on any atom is -0.398 e. The van der Waals surface area contributed by atoms with Gasteiger partial charge in [-0.25, -0.2) is 5.84 Å². The average Bonchev–Trinajstić information content (AvgIpc) is 2.00. The second kappa shape index (κ2) is 4.38. The summed E-state index contributed by atoms with van der Waals surface area (Å²) in [6.07, 6.45) is 0. The van der Waals surface area contributed by atoms with Gasteiger partial charge in [-0.1, -0.05) is 11.6 Å². The fourth-order valence-electron chi connectivity index (χ4n) is 0.389. The second-order valence-electron chi connectivity index (χ2n) is 1.76. The van der Waals surface area contributed by atoms with Crippen molar-refractivity contribution in [2.24, 2.45) is 11.6 Å². The molecule has 5 heteroatoms. The van der Waals surface area contributed by atoms with Crippen molar-refractivity contribution in [2.75, 3.05) is 13.2 Å². The molecular weight excluding hydrogens is 154 g/mol. The molecule has 0 radical (unpaired) electrons. The lowest BCUT2D eigenvalue weighted by Gasteiger charge is -2.15. The van der Waals surface area contributed by atoms with E-state index in [1.807, 2.05) is 6.92 Å². The van der Waals surface area contributed by atoms with Gasteiger partial charge in [0.05, 0.1) is 12.3 Å². The Morgan fingerprint density at radius 1 is 1.70 bits per heavy atom. The first-order valence-electron chi connectivity index (χ1n) is 2.90. The molecule has 0 saturated carbocycles. The molecule has 0 amide bonds. The van der Waals surface area contributed by atoms with Gasteiger partial charge in [-0.2, -0.15) is 0 Å². The van der Waals surface area contributed by atoms with Crippen LogP contribution in [0.3, 0.4) is 0 Å². The number of hydrogen-bond donors (Lipinski definition) is 3. The normalized spacial score (nSPS) is 12.8. The summed E-state index contributed by atoms with van der Waals surface area (Å²) >= 11 is 5.58. The van der Waals surface area contributed by atoms with Crippen molar-refractivity contribution < 1.29 is 5.11 Å².